The molecule has 1 aliphatic rings. The highest BCUT2D eigenvalue weighted by molar-refractivity contribution is 5.89. The first kappa shape index (κ1) is 18.2. The van der Waals surface area contributed by atoms with Crippen LogP contribution in [0.3, 0.4) is 0 Å². The molecule has 24 heavy (non-hydrogen) atoms. The number of rotatable bonds is 8. The van der Waals surface area contributed by atoms with Gasteiger partial charge in [0.15, 0.2) is 0 Å². The number of methoxy groups -OCH3 is 1. The summed E-state index contributed by atoms with van der Waals surface area (Å²) in [5.41, 5.74) is 4.77. The van der Waals surface area contributed by atoms with E-state index in [-0.39, 0.29) is 5.78 Å². The molecule has 0 atom stereocenters. The maximum atomic E-state index is 11.9. The van der Waals surface area contributed by atoms with Crippen molar-refractivity contribution < 1.29 is 14.3 Å². The van der Waals surface area contributed by atoms with Crippen molar-refractivity contribution in [1.82, 2.24) is 0 Å². The minimum absolute atomic E-state index is 0.196. The molecule has 0 unspecified atom stereocenters. The van der Waals surface area contributed by atoms with Crippen molar-refractivity contribution in [3.8, 4) is 5.75 Å². The molecule has 0 N–H and O–H groups in total. The molecule has 0 spiro atoms. The number of Topliss-reactive ketones (excluding diaryl/α,β-unsaturated/α-hetero) is 2. The molecule has 128 valence electrons. The van der Waals surface area contributed by atoms with Crippen LogP contribution in [0.1, 0.15) is 57.4 Å². The number of hydrogen-bond acceptors (Lipinski definition) is 3. The maximum absolute atomic E-state index is 11.9. The molecule has 0 amide bonds. The maximum Gasteiger partial charge on any atom is 0.137 e. The molecular formula is C21H26O3. The highest BCUT2D eigenvalue weighted by Crippen LogP contribution is 2.34. The molecule has 0 aliphatic heterocycles. The molecule has 0 saturated heterocycles. The van der Waals surface area contributed by atoms with Gasteiger partial charge in [-0.1, -0.05) is 29.9 Å². The van der Waals surface area contributed by atoms with E-state index < -0.39 is 0 Å². The highest BCUT2D eigenvalue weighted by atomic mass is 16.5. The van der Waals surface area contributed by atoms with Gasteiger partial charge in [0.1, 0.15) is 17.3 Å². The highest BCUT2D eigenvalue weighted by Gasteiger charge is 2.19. The molecule has 1 aromatic rings. The topological polar surface area (TPSA) is 43.4 Å². The van der Waals surface area contributed by atoms with E-state index in [9.17, 15) is 9.59 Å². The quantitative estimate of drug-likeness (QED) is 0.638. The third-order valence-electron chi connectivity index (χ3n) is 4.54. The van der Waals surface area contributed by atoms with E-state index in [0.29, 0.717) is 25.0 Å². The summed E-state index contributed by atoms with van der Waals surface area (Å²) < 4.78 is 5.22. The second-order valence-electron chi connectivity index (χ2n) is 6.48. The Hall–Kier alpha value is -2.16. The van der Waals surface area contributed by atoms with Crippen LogP contribution in [0.15, 0.2) is 42.0 Å². The lowest BCUT2D eigenvalue weighted by Gasteiger charge is -2.21. The average Bonchev–Trinajstić information content (AvgIpc) is 2.58. The van der Waals surface area contributed by atoms with Crippen LogP contribution in [-0.2, 0) is 9.59 Å². The molecule has 3 heteroatoms. The zero-order valence-corrected chi connectivity index (χ0v) is 14.7. The summed E-state index contributed by atoms with van der Waals surface area (Å²) in [5, 5.41) is 0. The number of allylic oxidation sites excluding steroid dienone is 3. The fraction of sp³-hybridized carbons (Fsp3) is 0.429. The first-order valence-electron chi connectivity index (χ1n) is 8.52. The molecule has 2 rings (SSSR count). The van der Waals surface area contributed by atoms with Gasteiger partial charge in [0, 0.05) is 19.3 Å². The first-order valence-corrected chi connectivity index (χ1v) is 8.52. The smallest absolute Gasteiger partial charge is 0.137 e. The van der Waals surface area contributed by atoms with Gasteiger partial charge in [-0.05, 0) is 55.9 Å². The molecule has 3 nitrogen and oxygen atoms in total. The third-order valence-corrected chi connectivity index (χ3v) is 4.54. The van der Waals surface area contributed by atoms with Gasteiger partial charge in [-0.3, -0.25) is 4.79 Å². The minimum atomic E-state index is 0.196. The van der Waals surface area contributed by atoms with E-state index in [1.54, 1.807) is 14.0 Å². The minimum Gasteiger partial charge on any atom is -0.497 e. The van der Waals surface area contributed by atoms with Crippen LogP contribution >= 0.6 is 0 Å². The molecule has 0 saturated carbocycles. The van der Waals surface area contributed by atoms with Crippen LogP contribution in [0, 0.1) is 0 Å². The van der Waals surface area contributed by atoms with E-state index >= 15 is 0 Å². The largest absolute Gasteiger partial charge is 0.497 e. The van der Waals surface area contributed by atoms with E-state index in [1.807, 2.05) is 12.1 Å². The fourth-order valence-corrected chi connectivity index (χ4v) is 3.06. The first-order chi connectivity index (χ1) is 11.5. The van der Waals surface area contributed by atoms with Crippen molar-refractivity contribution in [1.29, 1.82) is 0 Å². The molecule has 0 radical (unpaired) electrons. The molecule has 1 aliphatic carbocycles. The number of carbonyl (C=O) groups excluding carboxylic acids is 2. The monoisotopic (exact) mass is 326 g/mol. The predicted octanol–water partition coefficient (Wildman–Crippen LogP) is 4.91. The lowest BCUT2D eigenvalue weighted by Crippen LogP contribution is -2.09. The molecule has 0 fully saturated rings. The zero-order chi connectivity index (χ0) is 17.5. The van der Waals surface area contributed by atoms with Crippen LogP contribution in [0.5, 0.6) is 5.75 Å². The van der Waals surface area contributed by atoms with Crippen LogP contribution in [-0.4, -0.2) is 18.7 Å². The Kier molecular flexibility index (Phi) is 6.53. The summed E-state index contributed by atoms with van der Waals surface area (Å²) in [6, 6.07) is 8.05. The number of carbonyl (C=O) groups is 2. The summed E-state index contributed by atoms with van der Waals surface area (Å²) in [7, 11) is 1.66. The van der Waals surface area contributed by atoms with Gasteiger partial charge in [0.2, 0.25) is 0 Å². The normalized spacial score (nSPS) is 14.7. The van der Waals surface area contributed by atoms with Gasteiger partial charge in [0.05, 0.1) is 7.11 Å². The van der Waals surface area contributed by atoms with E-state index in [1.165, 1.54) is 16.7 Å². The molecule has 0 bridgehead atoms. The fourth-order valence-electron chi connectivity index (χ4n) is 3.06. The molecular weight excluding hydrogens is 300 g/mol. The van der Waals surface area contributed by atoms with Crippen LogP contribution < -0.4 is 4.74 Å². The summed E-state index contributed by atoms with van der Waals surface area (Å²) in [5.74, 6) is 1.35. The van der Waals surface area contributed by atoms with Crippen LogP contribution in [0.2, 0.25) is 0 Å². The van der Waals surface area contributed by atoms with Crippen molar-refractivity contribution in [3.63, 3.8) is 0 Å². The Morgan fingerprint density at radius 1 is 1.12 bits per heavy atom. The molecule has 0 aromatic heterocycles. The van der Waals surface area contributed by atoms with Crippen LogP contribution in [0.4, 0.5) is 0 Å². The average molecular weight is 326 g/mol. The van der Waals surface area contributed by atoms with Crippen molar-refractivity contribution in [2.24, 2.45) is 0 Å². The standard InChI is InChI=1S/C21H26O3/c1-15(4-6-16(2)22)5-7-18-14-19(23)10-13-21(18)17-8-11-20(24-3)12-9-17/h8-9,11-12H,1,4-7,10,13-14H2,2-3H3. The van der Waals surface area contributed by atoms with Gasteiger partial charge >= 0.3 is 0 Å². The lowest BCUT2D eigenvalue weighted by atomic mass is 9.84. The second kappa shape index (κ2) is 8.62. The van der Waals surface area contributed by atoms with Crippen molar-refractivity contribution >= 4 is 17.1 Å². The van der Waals surface area contributed by atoms with E-state index in [0.717, 1.165) is 37.0 Å². The number of ketones is 2. The second-order valence-corrected chi connectivity index (χ2v) is 6.48. The Morgan fingerprint density at radius 2 is 1.83 bits per heavy atom. The van der Waals surface area contributed by atoms with Gasteiger partial charge in [-0.2, -0.15) is 0 Å². The molecule has 1 aromatic carbocycles. The zero-order valence-electron chi connectivity index (χ0n) is 14.7. The SMILES string of the molecule is C=C(CCC(C)=O)CCC1=C(c2ccc(OC)cc2)CCC(=O)C1. The third kappa shape index (κ3) is 5.19. The van der Waals surface area contributed by atoms with E-state index in [2.05, 4.69) is 18.7 Å². The van der Waals surface area contributed by atoms with Crippen molar-refractivity contribution in [3.05, 3.63) is 47.6 Å². The number of benzene rings is 1. The molecule has 0 heterocycles. The summed E-state index contributed by atoms with van der Waals surface area (Å²) in [4.78, 5) is 23.0. The van der Waals surface area contributed by atoms with Crippen molar-refractivity contribution in [2.75, 3.05) is 7.11 Å². The summed E-state index contributed by atoms with van der Waals surface area (Å²) >= 11 is 0. The van der Waals surface area contributed by atoms with E-state index in [4.69, 9.17) is 4.74 Å². The Morgan fingerprint density at radius 3 is 2.46 bits per heavy atom. The Labute approximate surface area is 144 Å². The van der Waals surface area contributed by atoms with Crippen molar-refractivity contribution in [2.45, 2.75) is 51.9 Å². The van der Waals surface area contributed by atoms with Gasteiger partial charge in [0.25, 0.3) is 0 Å². The van der Waals surface area contributed by atoms with Gasteiger partial charge in [-0.25, -0.2) is 0 Å². The summed E-state index contributed by atoms with van der Waals surface area (Å²) in [6.07, 6.45) is 4.97. The predicted molar refractivity (Wildman–Crippen MR) is 97.1 cm³/mol. The lowest BCUT2D eigenvalue weighted by molar-refractivity contribution is -0.118. The number of hydrogen-bond donors (Lipinski definition) is 0. The Balaban J connectivity index is 2.10. The number of ether oxygens (including phenoxy) is 1. The Bertz CT molecular complexity index is 650. The summed E-state index contributed by atoms with van der Waals surface area (Å²) in [6.45, 7) is 5.68. The van der Waals surface area contributed by atoms with Gasteiger partial charge < -0.3 is 9.53 Å². The van der Waals surface area contributed by atoms with Gasteiger partial charge in [-0.15, -0.1) is 0 Å². The van der Waals surface area contributed by atoms with Crippen LogP contribution in [0.25, 0.3) is 5.57 Å².